The van der Waals surface area contributed by atoms with Gasteiger partial charge in [-0.15, -0.1) is 0 Å². The van der Waals surface area contributed by atoms with E-state index in [4.69, 9.17) is 4.74 Å². The summed E-state index contributed by atoms with van der Waals surface area (Å²) in [5.41, 5.74) is 3.72. The van der Waals surface area contributed by atoms with Gasteiger partial charge in [0.2, 0.25) is 5.88 Å². The SMILES string of the molecule is Cc1cc2c(F)c(Oc3ncnc(Nc4ccc(N5CCN(C)CC5)cc4)c3C#N)ccc2n1C. The fraction of sp³-hybridized carbons (Fsp3) is 0.269. The monoisotopic (exact) mass is 471 g/mol. The minimum atomic E-state index is -0.497. The van der Waals surface area contributed by atoms with Gasteiger partial charge in [-0.05, 0) is 56.4 Å². The molecule has 1 fully saturated rings. The number of likely N-dealkylation sites (N-methyl/N-ethyl adjacent to an activating group) is 1. The molecule has 178 valence electrons. The number of nitrogens with zero attached hydrogens (tertiary/aromatic N) is 6. The summed E-state index contributed by atoms with van der Waals surface area (Å²) in [6.45, 7) is 5.95. The number of ether oxygens (including phenoxy) is 1. The molecule has 8 nitrogen and oxygen atoms in total. The lowest BCUT2D eigenvalue weighted by atomic mass is 10.2. The lowest BCUT2D eigenvalue weighted by Gasteiger charge is -2.34. The molecule has 0 amide bonds. The summed E-state index contributed by atoms with van der Waals surface area (Å²) in [6, 6.07) is 15.2. The van der Waals surface area contributed by atoms with E-state index in [1.54, 1.807) is 18.2 Å². The van der Waals surface area contributed by atoms with Crippen molar-refractivity contribution in [2.45, 2.75) is 6.92 Å². The first-order chi connectivity index (χ1) is 16.9. The normalized spacial score (nSPS) is 14.2. The van der Waals surface area contributed by atoms with Crippen LogP contribution < -0.4 is 15.0 Å². The molecule has 0 radical (unpaired) electrons. The third-order valence-electron chi connectivity index (χ3n) is 6.49. The molecule has 3 heterocycles. The molecule has 0 atom stereocenters. The molecule has 9 heteroatoms. The number of nitrogens with one attached hydrogen (secondary N) is 1. The second kappa shape index (κ2) is 9.24. The van der Waals surface area contributed by atoms with E-state index < -0.39 is 5.82 Å². The summed E-state index contributed by atoms with van der Waals surface area (Å²) < 4.78 is 22.8. The predicted molar refractivity (Wildman–Crippen MR) is 134 cm³/mol. The molecule has 2 aromatic heterocycles. The van der Waals surface area contributed by atoms with Crippen molar-refractivity contribution in [3.63, 3.8) is 0 Å². The Balaban J connectivity index is 1.38. The third kappa shape index (κ3) is 4.36. The Morgan fingerprint density at radius 3 is 2.49 bits per heavy atom. The maximum absolute atomic E-state index is 15.2. The average molecular weight is 472 g/mol. The largest absolute Gasteiger partial charge is 0.434 e. The summed E-state index contributed by atoms with van der Waals surface area (Å²) in [5.74, 6) is -0.213. The standard InChI is InChI=1S/C26H26FN7O/c1-17-14-20-22(33(17)3)8-9-23(24(20)27)35-26-21(15-28)25(29-16-30-26)31-18-4-6-19(7-5-18)34-12-10-32(2)11-13-34/h4-9,14,16H,10-13H2,1-3H3,(H,29,30,31). The van der Waals surface area contributed by atoms with Gasteiger partial charge in [0.05, 0.1) is 5.52 Å². The van der Waals surface area contributed by atoms with Gasteiger partial charge in [-0.25, -0.2) is 14.4 Å². The molecule has 0 unspecified atom stereocenters. The van der Waals surface area contributed by atoms with Crippen LogP contribution in [-0.4, -0.2) is 52.7 Å². The quantitative estimate of drug-likeness (QED) is 0.456. The van der Waals surface area contributed by atoms with Gasteiger partial charge in [-0.3, -0.25) is 0 Å². The zero-order chi connectivity index (χ0) is 24.5. The van der Waals surface area contributed by atoms with Crippen molar-refractivity contribution in [3.05, 3.63) is 65.9 Å². The second-order valence-corrected chi connectivity index (χ2v) is 8.73. The van der Waals surface area contributed by atoms with E-state index in [2.05, 4.69) is 38.2 Å². The van der Waals surface area contributed by atoms with Crippen LogP contribution in [0.2, 0.25) is 0 Å². The minimum Gasteiger partial charge on any atom is -0.434 e. The Labute approximate surface area is 203 Å². The van der Waals surface area contributed by atoms with Crippen molar-refractivity contribution in [3.8, 4) is 17.7 Å². The molecule has 0 aliphatic carbocycles. The summed E-state index contributed by atoms with van der Waals surface area (Å²) in [7, 11) is 4.01. The van der Waals surface area contributed by atoms with Gasteiger partial charge in [-0.2, -0.15) is 5.26 Å². The van der Waals surface area contributed by atoms with Crippen molar-refractivity contribution >= 4 is 28.1 Å². The van der Waals surface area contributed by atoms with E-state index in [-0.39, 0.29) is 17.2 Å². The Hall–Kier alpha value is -4.16. The van der Waals surface area contributed by atoms with Gasteiger partial charge in [0.25, 0.3) is 0 Å². The van der Waals surface area contributed by atoms with E-state index in [1.165, 1.54) is 6.33 Å². The molecule has 1 aliphatic heterocycles. The summed E-state index contributed by atoms with van der Waals surface area (Å²) in [5, 5.41) is 13.4. The van der Waals surface area contributed by atoms with Crippen molar-refractivity contribution in [1.29, 1.82) is 5.26 Å². The van der Waals surface area contributed by atoms with Gasteiger partial charge >= 0.3 is 0 Å². The highest BCUT2D eigenvalue weighted by atomic mass is 19.1. The smallest absolute Gasteiger partial charge is 0.242 e. The number of aromatic nitrogens is 3. The first kappa shape index (κ1) is 22.6. The molecular formula is C26H26FN7O. The molecule has 2 aromatic carbocycles. The summed E-state index contributed by atoms with van der Waals surface area (Å²) in [4.78, 5) is 13.0. The lowest BCUT2D eigenvalue weighted by molar-refractivity contribution is 0.313. The molecule has 0 spiro atoms. The number of rotatable bonds is 5. The number of piperazine rings is 1. The summed E-state index contributed by atoms with van der Waals surface area (Å²) in [6.07, 6.45) is 1.29. The van der Waals surface area contributed by atoms with Gasteiger partial charge in [-0.1, -0.05) is 0 Å². The van der Waals surface area contributed by atoms with Crippen molar-refractivity contribution in [2.24, 2.45) is 7.05 Å². The first-order valence-corrected chi connectivity index (χ1v) is 11.4. The van der Waals surface area contributed by atoms with Crippen LogP contribution in [-0.2, 0) is 7.05 Å². The fourth-order valence-corrected chi connectivity index (χ4v) is 4.27. The zero-order valence-corrected chi connectivity index (χ0v) is 19.9. The number of benzene rings is 2. The Morgan fingerprint density at radius 2 is 1.77 bits per heavy atom. The van der Waals surface area contributed by atoms with Crippen LogP contribution >= 0.6 is 0 Å². The van der Waals surface area contributed by atoms with Crippen LogP contribution in [0.3, 0.4) is 0 Å². The first-order valence-electron chi connectivity index (χ1n) is 11.4. The van der Waals surface area contributed by atoms with Crippen molar-refractivity contribution in [1.82, 2.24) is 19.4 Å². The zero-order valence-electron chi connectivity index (χ0n) is 19.9. The van der Waals surface area contributed by atoms with Crippen LogP contribution in [0.1, 0.15) is 11.3 Å². The molecule has 1 N–H and O–H groups in total. The topological polar surface area (TPSA) is 82.2 Å². The highest BCUT2D eigenvalue weighted by Gasteiger charge is 2.19. The Bertz CT molecular complexity index is 1420. The second-order valence-electron chi connectivity index (χ2n) is 8.73. The third-order valence-corrected chi connectivity index (χ3v) is 6.49. The van der Waals surface area contributed by atoms with Gasteiger partial charge in [0.15, 0.2) is 22.9 Å². The van der Waals surface area contributed by atoms with E-state index in [0.29, 0.717) is 11.2 Å². The highest BCUT2D eigenvalue weighted by Crippen LogP contribution is 2.33. The Morgan fingerprint density at radius 1 is 1.03 bits per heavy atom. The number of anilines is 3. The van der Waals surface area contributed by atoms with Gasteiger partial charge in [0.1, 0.15) is 12.4 Å². The molecule has 4 aromatic rings. The number of hydrogen-bond acceptors (Lipinski definition) is 7. The van der Waals surface area contributed by atoms with Crippen molar-refractivity contribution < 1.29 is 9.13 Å². The molecular weight excluding hydrogens is 445 g/mol. The molecule has 5 rings (SSSR count). The summed E-state index contributed by atoms with van der Waals surface area (Å²) >= 11 is 0. The maximum Gasteiger partial charge on any atom is 0.242 e. The van der Waals surface area contributed by atoms with E-state index in [9.17, 15) is 5.26 Å². The molecule has 35 heavy (non-hydrogen) atoms. The lowest BCUT2D eigenvalue weighted by Crippen LogP contribution is -2.44. The van der Waals surface area contributed by atoms with Crippen LogP contribution in [0.5, 0.6) is 11.6 Å². The minimum absolute atomic E-state index is 0.000722. The van der Waals surface area contributed by atoms with Crippen molar-refractivity contribution in [2.75, 3.05) is 43.4 Å². The fourth-order valence-electron chi connectivity index (χ4n) is 4.27. The highest BCUT2D eigenvalue weighted by molar-refractivity contribution is 5.83. The predicted octanol–water partition coefficient (Wildman–Crippen LogP) is 4.58. The van der Waals surface area contributed by atoms with E-state index in [1.807, 2.05) is 42.8 Å². The molecule has 0 bridgehead atoms. The number of hydrogen-bond donors (Lipinski definition) is 1. The Kier molecular flexibility index (Phi) is 5.97. The number of fused-ring (bicyclic) bond motifs is 1. The molecule has 1 aliphatic rings. The molecule has 0 saturated carbocycles. The van der Waals surface area contributed by atoms with E-state index >= 15 is 4.39 Å². The number of aryl methyl sites for hydroxylation is 2. The maximum atomic E-state index is 15.2. The number of halogens is 1. The average Bonchev–Trinajstić information content (AvgIpc) is 3.16. The van der Waals surface area contributed by atoms with Crippen LogP contribution in [0.25, 0.3) is 10.9 Å². The molecule has 1 saturated heterocycles. The van der Waals surface area contributed by atoms with Crippen LogP contribution in [0.4, 0.5) is 21.6 Å². The number of nitriles is 1. The van der Waals surface area contributed by atoms with Gasteiger partial charge in [0, 0.05) is 55.7 Å². The van der Waals surface area contributed by atoms with E-state index in [0.717, 1.165) is 48.8 Å². The van der Waals surface area contributed by atoms with Crippen LogP contribution in [0, 0.1) is 24.1 Å². The van der Waals surface area contributed by atoms with Crippen LogP contribution in [0.15, 0.2) is 48.8 Å². The van der Waals surface area contributed by atoms with Gasteiger partial charge < -0.3 is 24.4 Å².